The molecular formula is C14H14N4O2. The number of aryl methyl sites for hydroxylation is 1. The van der Waals surface area contributed by atoms with Gasteiger partial charge in [0.15, 0.2) is 0 Å². The van der Waals surface area contributed by atoms with Gasteiger partial charge in [0, 0.05) is 5.69 Å². The van der Waals surface area contributed by atoms with E-state index in [9.17, 15) is 4.79 Å². The highest BCUT2D eigenvalue weighted by atomic mass is 16.4. The molecule has 0 saturated heterocycles. The van der Waals surface area contributed by atoms with E-state index in [1.807, 2.05) is 6.92 Å². The maximum atomic E-state index is 10.7. The van der Waals surface area contributed by atoms with Crippen molar-refractivity contribution in [3.05, 3.63) is 47.5 Å². The molecule has 20 heavy (non-hydrogen) atoms. The molecule has 0 atom stereocenters. The van der Waals surface area contributed by atoms with E-state index < -0.39 is 5.97 Å². The van der Waals surface area contributed by atoms with E-state index in [1.165, 1.54) is 12.1 Å². The fraction of sp³-hybridized carbons (Fsp3) is 0.0714. The Morgan fingerprint density at radius 1 is 1.05 bits per heavy atom. The molecule has 2 aromatic carbocycles. The van der Waals surface area contributed by atoms with Crippen LogP contribution in [0.25, 0.3) is 0 Å². The Morgan fingerprint density at radius 3 is 2.30 bits per heavy atom. The topological polar surface area (TPSA) is 114 Å². The normalized spacial score (nSPS) is 10.8. The van der Waals surface area contributed by atoms with E-state index in [-0.39, 0.29) is 5.56 Å². The molecule has 6 heteroatoms. The fourth-order valence-corrected chi connectivity index (χ4v) is 1.60. The summed E-state index contributed by atoms with van der Waals surface area (Å²) >= 11 is 0. The molecule has 0 fully saturated rings. The number of carbonyl (C=O) groups is 1. The van der Waals surface area contributed by atoms with Crippen molar-refractivity contribution in [3.8, 4) is 0 Å². The van der Waals surface area contributed by atoms with Gasteiger partial charge in [-0.05, 0) is 48.9 Å². The maximum absolute atomic E-state index is 10.7. The quantitative estimate of drug-likeness (QED) is 0.586. The molecule has 0 radical (unpaired) electrons. The monoisotopic (exact) mass is 270 g/mol. The van der Waals surface area contributed by atoms with E-state index >= 15 is 0 Å². The van der Waals surface area contributed by atoms with E-state index in [4.69, 9.17) is 16.6 Å². The van der Waals surface area contributed by atoms with Crippen LogP contribution in [0.5, 0.6) is 0 Å². The first-order chi connectivity index (χ1) is 9.47. The lowest BCUT2D eigenvalue weighted by atomic mass is 10.1. The van der Waals surface area contributed by atoms with Gasteiger partial charge in [-0.15, -0.1) is 5.11 Å². The number of benzene rings is 2. The van der Waals surface area contributed by atoms with Crippen LogP contribution in [0.15, 0.2) is 46.6 Å². The van der Waals surface area contributed by atoms with E-state index in [2.05, 4.69) is 10.2 Å². The molecule has 0 aromatic heterocycles. The van der Waals surface area contributed by atoms with Gasteiger partial charge in [0.25, 0.3) is 0 Å². The average Bonchev–Trinajstić information content (AvgIpc) is 2.42. The second-order valence-corrected chi connectivity index (χ2v) is 4.32. The molecule has 0 aliphatic heterocycles. The van der Waals surface area contributed by atoms with Crippen LogP contribution >= 0.6 is 0 Å². The summed E-state index contributed by atoms with van der Waals surface area (Å²) in [6, 6.07) is 9.47. The van der Waals surface area contributed by atoms with Crippen LogP contribution in [0.2, 0.25) is 0 Å². The summed E-state index contributed by atoms with van der Waals surface area (Å²) in [7, 11) is 0. The lowest BCUT2D eigenvalue weighted by Gasteiger charge is -2.04. The van der Waals surface area contributed by atoms with Crippen molar-refractivity contribution in [2.24, 2.45) is 10.2 Å². The third-order valence-corrected chi connectivity index (χ3v) is 2.80. The average molecular weight is 270 g/mol. The van der Waals surface area contributed by atoms with E-state index in [1.54, 1.807) is 24.3 Å². The number of nitrogen functional groups attached to an aromatic ring is 2. The molecule has 0 amide bonds. The molecule has 0 aliphatic rings. The van der Waals surface area contributed by atoms with Crippen molar-refractivity contribution in [2.45, 2.75) is 6.92 Å². The van der Waals surface area contributed by atoms with Crippen molar-refractivity contribution in [1.29, 1.82) is 0 Å². The number of rotatable bonds is 3. The summed E-state index contributed by atoms with van der Waals surface area (Å²) in [5, 5.41) is 16.9. The molecule has 102 valence electrons. The van der Waals surface area contributed by atoms with Gasteiger partial charge in [0.2, 0.25) is 0 Å². The third kappa shape index (κ3) is 2.92. The Labute approximate surface area is 115 Å². The highest BCUT2D eigenvalue weighted by Crippen LogP contribution is 2.29. The maximum Gasteiger partial charge on any atom is 0.335 e. The molecule has 2 aromatic rings. The molecular weight excluding hydrogens is 256 g/mol. The van der Waals surface area contributed by atoms with Gasteiger partial charge in [0.1, 0.15) is 5.69 Å². The number of nitrogens with zero attached hydrogens (tertiary/aromatic N) is 2. The second kappa shape index (κ2) is 5.40. The van der Waals surface area contributed by atoms with E-state index in [0.717, 1.165) is 5.56 Å². The predicted octanol–water partition coefficient (Wildman–Crippen LogP) is 3.27. The number of nitrogens with two attached hydrogens (primary N) is 2. The Morgan fingerprint density at radius 2 is 1.70 bits per heavy atom. The lowest BCUT2D eigenvalue weighted by Crippen LogP contribution is -1.94. The lowest BCUT2D eigenvalue weighted by molar-refractivity contribution is 0.0697. The molecule has 0 unspecified atom stereocenters. The van der Waals surface area contributed by atoms with Gasteiger partial charge in [0.05, 0.1) is 16.9 Å². The Bertz CT molecular complexity index is 678. The third-order valence-electron chi connectivity index (χ3n) is 2.80. The van der Waals surface area contributed by atoms with Crippen molar-refractivity contribution in [3.63, 3.8) is 0 Å². The van der Waals surface area contributed by atoms with Crippen molar-refractivity contribution in [1.82, 2.24) is 0 Å². The summed E-state index contributed by atoms with van der Waals surface area (Å²) < 4.78 is 0. The summed E-state index contributed by atoms with van der Waals surface area (Å²) in [5.74, 6) is -0.980. The van der Waals surface area contributed by atoms with Crippen molar-refractivity contribution < 1.29 is 9.90 Å². The highest BCUT2D eigenvalue weighted by molar-refractivity contribution is 5.87. The van der Waals surface area contributed by atoms with Gasteiger partial charge < -0.3 is 16.6 Å². The van der Waals surface area contributed by atoms with Crippen LogP contribution in [-0.4, -0.2) is 11.1 Å². The van der Waals surface area contributed by atoms with Crippen LogP contribution in [-0.2, 0) is 0 Å². The Hall–Kier alpha value is -2.89. The van der Waals surface area contributed by atoms with Gasteiger partial charge in [-0.2, -0.15) is 5.11 Å². The zero-order valence-corrected chi connectivity index (χ0v) is 10.9. The fourth-order valence-electron chi connectivity index (χ4n) is 1.60. The predicted molar refractivity (Wildman–Crippen MR) is 77.6 cm³/mol. The molecule has 2 rings (SSSR count). The van der Waals surface area contributed by atoms with E-state index in [0.29, 0.717) is 22.7 Å². The van der Waals surface area contributed by atoms with Crippen molar-refractivity contribution >= 4 is 28.7 Å². The molecule has 0 spiro atoms. The first kappa shape index (κ1) is 13.5. The highest BCUT2D eigenvalue weighted by Gasteiger charge is 2.03. The Balaban J connectivity index is 2.25. The van der Waals surface area contributed by atoms with Crippen LogP contribution in [0, 0.1) is 6.92 Å². The summed E-state index contributed by atoms with van der Waals surface area (Å²) in [6.07, 6.45) is 0. The van der Waals surface area contributed by atoms with Gasteiger partial charge in [-0.25, -0.2) is 4.79 Å². The summed E-state index contributed by atoms with van der Waals surface area (Å²) in [5.41, 5.74) is 14.7. The smallest absolute Gasteiger partial charge is 0.335 e. The van der Waals surface area contributed by atoms with Crippen molar-refractivity contribution in [2.75, 3.05) is 11.5 Å². The molecule has 0 bridgehead atoms. The number of anilines is 2. The summed E-state index contributed by atoms with van der Waals surface area (Å²) in [6.45, 7) is 1.86. The molecule has 0 aliphatic carbocycles. The Kier molecular flexibility index (Phi) is 3.65. The zero-order valence-electron chi connectivity index (χ0n) is 10.9. The van der Waals surface area contributed by atoms with Gasteiger partial charge in [-0.1, -0.05) is 0 Å². The van der Waals surface area contributed by atoms with Crippen LogP contribution < -0.4 is 11.5 Å². The van der Waals surface area contributed by atoms with Crippen LogP contribution in [0.3, 0.4) is 0 Å². The summed E-state index contributed by atoms with van der Waals surface area (Å²) in [4.78, 5) is 10.7. The standard InChI is InChI=1S/C14H14N4O2/c1-8-6-13(12(16)7-11(8)15)18-17-10-4-2-9(3-5-10)14(19)20/h2-7H,15-16H2,1H3,(H,19,20). The molecule has 0 heterocycles. The molecule has 6 nitrogen and oxygen atoms in total. The number of aromatic carboxylic acids is 1. The SMILES string of the molecule is Cc1cc(N=Nc2ccc(C(=O)O)cc2)c(N)cc1N. The number of hydrogen-bond acceptors (Lipinski definition) is 5. The van der Waals surface area contributed by atoms with Crippen LogP contribution in [0.1, 0.15) is 15.9 Å². The van der Waals surface area contributed by atoms with Crippen LogP contribution in [0.4, 0.5) is 22.7 Å². The van der Waals surface area contributed by atoms with Gasteiger partial charge >= 0.3 is 5.97 Å². The number of hydrogen-bond donors (Lipinski definition) is 3. The minimum Gasteiger partial charge on any atom is -0.478 e. The minimum absolute atomic E-state index is 0.201. The largest absolute Gasteiger partial charge is 0.478 e. The number of carboxylic acids is 1. The zero-order chi connectivity index (χ0) is 14.7. The first-order valence-electron chi connectivity index (χ1n) is 5.88. The minimum atomic E-state index is -0.980. The second-order valence-electron chi connectivity index (χ2n) is 4.32. The number of carboxylic acid groups (broad SMARTS) is 1. The number of azo groups is 1. The first-order valence-corrected chi connectivity index (χ1v) is 5.88. The molecule has 5 N–H and O–H groups in total. The van der Waals surface area contributed by atoms with Gasteiger partial charge in [-0.3, -0.25) is 0 Å². The molecule has 0 saturated carbocycles.